The number of hydrogen-bond acceptors (Lipinski definition) is 5. The summed E-state index contributed by atoms with van der Waals surface area (Å²) in [5.41, 5.74) is 2.22. The number of aromatic nitrogens is 1. The summed E-state index contributed by atoms with van der Waals surface area (Å²) in [5.74, 6) is 0.622. The van der Waals surface area contributed by atoms with Crippen LogP contribution >= 0.6 is 11.6 Å². The third kappa shape index (κ3) is 5.48. The number of benzene rings is 2. The number of aryl methyl sites for hydroxylation is 1. The van der Waals surface area contributed by atoms with Gasteiger partial charge in [-0.05, 0) is 70.2 Å². The largest absolute Gasteiger partial charge is 0.441 e. The zero-order valence-corrected chi connectivity index (χ0v) is 20.4. The molecular formula is C26H29ClN4O3. The summed E-state index contributed by atoms with van der Waals surface area (Å²) in [7, 11) is 3.90. The van der Waals surface area contributed by atoms with Crippen molar-refractivity contribution in [3.8, 4) is 11.5 Å². The summed E-state index contributed by atoms with van der Waals surface area (Å²) in [5, 5.41) is 3.32. The van der Waals surface area contributed by atoms with Crippen molar-refractivity contribution in [2.45, 2.75) is 32.2 Å². The molecule has 0 unspecified atom stereocenters. The molecule has 1 aliphatic rings. The minimum atomic E-state index is -0.283. The zero-order valence-electron chi connectivity index (χ0n) is 19.7. The smallest absolute Gasteiger partial charge is 0.256 e. The van der Waals surface area contributed by atoms with Gasteiger partial charge in [0.1, 0.15) is 5.76 Å². The molecule has 3 aromatic rings. The number of hydrogen-bond donors (Lipinski definition) is 1. The number of nitrogens with one attached hydrogen (secondary N) is 1. The van der Waals surface area contributed by atoms with E-state index in [0.717, 1.165) is 31.5 Å². The van der Waals surface area contributed by atoms with Crippen LogP contribution < -0.4 is 5.32 Å². The SMILES string of the molecule is Cc1oc(-c2ccccc2)nc1CC(=O)Nc1ccc(Cl)cc1C(=O)N(C)C1CCN(C)CC1. The van der Waals surface area contributed by atoms with Crippen LogP contribution in [0.15, 0.2) is 52.9 Å². The van der Waals surface area contributed by atoms with Crippen LogP contribution in [-0.4, -0.2) is 59.8 Å². The number of likely N-dealkylation sites (tertiary alicyclic amines) is 1. The topological polar surface area (TPSA) is 78.7 Å². The lowest BCUT2D eigenvalue weighted by Crippen LogP contribution is -2.44. The van der Waals surface area contributed by atoms with Crippen LogP contribution in [0.3, 0.4) is 0 Å². The fourth-order valence-corrected chi connectivity index (χ4v) is 4.36. The van der Waals surface area contributed by atoms with E-state index in [4.69, 9.17) is 16.0 Å². The molecule has 0 bridgehead atoms. The Bertz CT molecular complexity index is 1170. The van der Waals surface area contributed by atoms with Crippen molar-refractivity contribution < 1.29 is 14.0 Å². The molecule has 2 heterocycles. The lowest BCUT2D eigenvalue weighted by Gasteiger charge is -2.35. The Labute approximate surface area is 204 Å². The van der Waals surface area contributed by atoms with Crippen molar-refractivity contribution in [1.29, 1.82) is 0 Å². The molecule has 0 atom stereocenters. The van der Waals surface area contributed by atoms with Gasteiger partial charge in [0.2, 0.25) is 11.8 Å². The average Bonchev–Trinajstić information content (AvgIpc) is 3.20. The van der Waals surface area contributed by atoms with Crippen LogP contribution in [0.25, 0.3) is 11.5 Å². The van der Waals surface area contributed by atoms with E-state index in [-0.39, 0.29) is 24.3 Å². The second-order valence-electron chi connectivity index (χ2n) is 8.75. The van der Waals surface area contributed by atoms with Crippen molar-refractivity contribution in [2.75, 3.05) is 32.5 Å². The van der Waals surface area contributed by atoms with Crippen LogP contribution in [0.2, 0.25) is 5.02 Å². The highest BCUT2D eigenvalue weighted by Crippen LogP contribution is 2.26. The van der Waals surface area contributed by atoms with E-state index >= 15 is 0 Å². The molecule has 1 aromatic heterocycles. The maximum absolute atomic E-state index is 13.3. The molecule has 1 N–H and O–H groups in total. The Kier molecular flexibility index (Phi) is 7.34. The number of carbonyl (C=O) groups excluding carboxylic acids is 2. The highest BCUT2D eigenvalue weighted by atomic mass is 35.5. The molecular weight excluding hydrogens is 452 g/mol. The Hall–Kier alpha value is -3.16. The Morgan fingerprint density at radius 3 is 2.59 bits per heavy atom. The molecule has 4 rings (SSSR count). The summed E-state index contributed by atoms with van der Waals surface area (Å²) in [6, 6.07) is 14.6. The molecule has 1 fully saturated rings. The van der Waals surface area contributed by atoms with Gasteiger partial charge >= 0.3 is 0 Å². The maximum atomic E-state index is 13.3. The maximum Gasteiger partial charge on any atom is 0.256 e. The minimum absolute atomic E-state index is 0.0310. The molecule has 34 heavy (non-hydrogen) atoms. The fourth-order valence-electron chi connectivity index (χ4n) is 4.18. The van der Waals surface area contributed by atoms with Crippen molar-refractivity contribution in [3.63, 3.8) is 0 Å². The van der Waals surface area contributed by atoms with E-state index in [0.29, 0.717) is 33.6 Å². The van der Waals surface area contributed by atoms with Crippen LogP contribution in [0, 0.1) is 6.92 Å². The van der Waals surface area contributed by atoms with Gasteiger partial charge in [0, 0.05) is 23.7 Å². The Morgan fingerprint density at radius 1 is 1.18 bits per heavy atom. The normalized spacial score (nSPS) is 14.7. The van der Waals surface area contributed by atoms with Gasteiger partial charge in [-0.2, -0.15) is 0 Å². The lowest BCUT2D eigenvalue weighted by atomic mass is 10.0. The van der Waals surface area contributed by atoms with Gasteiger partial charge in [-0.25, -0.2) is 4.98 Å². The minimum Gasteiger partial charge on any atom is -0.441 e. The molecule has 7 nitrogen and oxygen atoms in total. The van der Waals surface area contributed by atoms with E-state index in [1.807, 2.05) is 37.4 Å². The summed E-state index contributed by atoms with van der Waals surface area (Å²) < 4.78 is 5.76. The van der Waals surface area contributed by atoms with Crippen LogP contribution in [0.1, 0.15) is 34.7 Å². The van der Waals surface area contributed by atoms with Crippen LogP contribution in [-0.2, 0) is 11.2 Å². The number of anilines is 1. The zero-order chi connectivity index (χ0) is 24.2. The number of carbonyl (C=O) groups is 2. The Balaban J connectivity index is 1.48. The summed E-state index contributed by atoms with van der Waals surface area (Å²) in [6.45, 7) is 3.68. The van der Waals surface area contributed by atoms with Gasteiger partial charge in [0.05, 0.1) is 23.4 Å². The molecule has 178 valence electrons. The van der Waals surface area contributed by atoms with E-state index in [9.17, 15) is 9.59 Å². The molecule has 2 amide bonds. The van der Waals surface area contributed by atoms with Gasteiger partial charge < -0.3 is 19.5 Å². The molecule has 0 saturated carbocycles. The first-order chi connectivity index (χ1) is 16.3. The van der Waals surface area contributed by atoms with Gasteiger partial charge in [-0.15, -0.1) is 0 Å². The van der Waals surface area contributed by atoms with Crippen molar-refractivity contribution in [1.82, 2.24) is 14.8 Å². The number of amides is 2. The molecule has 8 heteroatoms. The molecule has 2 aromatic carbocycles. The van der Waals surface area contributed by atoms with Crippen molar-refractivity contribution >= 4 is 29.1 Å². The predicted molar refractivity (Wildman–Crippen MR) is 133 cm³/mol. The van der Waals surface area contributed by atoms with E-state index in [1.165, 1.54) is 0 Å². The summed E-state index contributed by atoms with van der Waals surface area (Å²) >= 11 is 6.21. The predicted octanol–water partition coefficient (Wildman–Crippen LogP) is 4.65. The quantitative estimate of drug-likeness (QED) is 0.555. The second-order valence-corrected chi connectivity index (χ2v) is 9.19. The lowest BCUT2D eigenvalue weighted by molar-refractivity contribution is -0.115. The summed E-state index contributed by atoms with van der Waals surface area (Å²) in [6.07, 6.45) is 1.86. The highest BCUT2D eigenvalue weighted by Gasteiger charge is 2.27. The summed E-state index contributed by atoms with van der Waals surface area (Å²) in [4.78, 5) is 34.7. The molecule has 1 saturated heterocycles. The molecule has 0 aliphatic carbocycles. The van der Waals surface area contributed by atoms with Gasteiger partial charge in [-0.1, -0.05) is 29.8 Å². The first kappa shape index (κ1) is 24.0. The number of rotatable bonds is 6. The van der Waals surface area contributed by atoms with Gasteiger partial charge in [0.15, 0.2) is 0 Å². The molecule has 1 aliphatic heterocycles. The van der Waals surface area contributed by atoms with E-state index in [2.05, 4.69) is 22.2 Å². The first-order valence-corrected chi connectivity index (χ1v) is 11.8. The van der Waals surface area contributed by atoms with Crippen molar-refractivity contribution in [2.24, 2.45) is 0 Å². The van der Waals surface area contributed by atoms with Crippen LogP contribution in [0.5, 0.6) is 0 Å². The molecule has 0 spiro atoms. The van der Waals surface area contributed by atoms with Gasteiger partial charge in [-0.3, -0.25) is 9.59 Å². The first-order valence-electron chi connectivity index (χ1n) is 11.4. The number of oxazole rings is 1. The van der Waals surface area contributed by atoms with E-state index < -0.39 is 0 Å². The molecule has 0 radical (unpaired) electrons. The number of nitrogens with zero attached hydrogens (tertiary/aromatic N) is 3. The van der Waals surface area contributed by atoms with E-state index in [1.54, 1.807) is 30.0 Å². The fraction of sp³-hybridized carbons (Fsp3) is 0.346. The average molecular weight is 481 g/mol. The standard InChI is InChI=1S/C26H29ClN4O3/c1-17-23(29-25(34-17)18-7-5-4-6-8-18)16-24(32)28-22-10-9-19(27)15-21(22)26(33)31(3)20-11-13-30(2)14-12-20/h4-10,15,20H,11-14,16H2,1-3H3,(H,28,32). The Morgan fingerprint density at radius 2 is 1.88 bits per heavy atom. The third-order valence-corrected chi connectivity index (χ3v) is 6.52. The highest BCUT2D eigenvalue weighted by molar-refractivity contribution is 6.31. The third-order valence-electron chi connectivity index (χ3n) is 6.28. The van der Waals surface area contributed by atoms with Crippen molar-refractivity contribution in [3.05, 3.63) is 70.6 Å². The van der Waals surface area contributed by atoms with Gasteiger partial charge in [0.25, 0.3) is 5.91 Å². The number of piperidine rings is 1. The monoisotopic (exact) mass is 480 g/mol. The number of halogens is 1. The second kappa shape index (κ2) is 10.4. The van der Waals surface area contributed by atoms with Crippen LogP contribution in [0.4, 0.5) is 5.69 Å².